The number of aliphatic imine (C=N–C) groups is 1. The minimum atomic E-state index is -0.749. The van der Waals surface area contributed by atoms with Crippen molar-refractivity contribution >= 4 is 11.9 Å². The maximum Gasteiger partial charge on any atom is 0.306 e. The summed E-state index contributed by atoms with van der Waals surface area (Å²) in [5, 5.41) is 19.7. The molecule has 3 heterocycles. The van der Waals surface area contributed by atoms with Crippen LogP contribution >= 0.6 is 0 Å². The summed E-state index contributed by atoms with van der Waals surface area (Å²) in [6.45, 7) is 1.88. The Bertz CT molecular complexity index is 1270. The molecule has 3 aromatic rings. The van der Waals surface area contributed by atoms with E-state index in [9.17, 15) is 9.90 Å². The average Bonchev–Trinajstić information content (AvgIpc) is 3.43. The number of ether oxygens (including phenoxy) is 1. The van der Waals surface area contributed by atoms with Crippen molar-refractivity contribution in [2.24, 2.45) is 18.0 Å². The standard InChI is InChI=1S/C26H30N6O4/c1-16-22(35-19-11-7-10-18(14-19)26(33)34)13-12-20(27-16)24-21(31(2)30-29-24)15-23-28-25(32(3)36-23)17-8-5-4-6-9-17/h4-6,8-9,12-13,18-19,25H,7,10-11,14-15H2,1-3H3,(H,33,34)/t18-,19-,25?/m0/s1. The first kappa shape index (κ1) is 23.9. The highest BCUT2D eigenvalue weighted by Gasteiger charge is 2.30. The molecule has 0 saturated heterocycles. The summed E-state index contributed by atoms with van der Waals surface area (Å²) in [6, 6.07) is 13.7. The molecule has 36 heavy (non-hydrogen) atoms. The molecule has 5 rings (SSSR count). The van der Waals surface area contributed by atoms with E-state index in [0.29, 0.717) is 42.3 Å². The highest BCUT2D eigenvalue weighted by atomic mass is 16.7. The van der Waals surface area contributed by atoms with Crippen LogP contribution in [0.4, 0.5) is 0 Å². The number of hydrogen-bond donors (Lipinski definition) is 1. The van der Waals surface area contributed by atoms with Crippen molar-refractivity contribution in [2.45, 2.75) is 51.3 Å². The van der Waals surface area contributed by atoms with E-state index in [1.807, 2.05) is 63.5 Å². The monoisotopic (exact) mass is 490 g/mol. The fourth-order valence-corrected chi connectivity index (χ4v) is 4.82. The van der Waals surface area contributed by atoms with E-state index in [4.69, 9.17) is 19.6 Å². The molecule has 1 aromatic carbocycles. The number of hydrogen-bond acceptors (Lipinski definition) is 8. The van der Waals surface area contributed by atoms with Crippen LogP contribution in [0, 0.1) is 12.8 Å². The molecule has 1 aliphatic heterocycles. The maximum absolute atomic E-state index is 11.4. The molecular formula is C26H30N6O4. The van der Waals surface area contributed by atoms with E-state index in [1.165, 1.54) is 0 Å². The number of hydroxylamine groups is 2. The van der Waals surface area contributed by atoms with Gasteiger partial charge in [-0.25, -0.2) is 9.98 Å². The Hall–Kier alpha value is -3.79. The van der Waals surface area contributed by atoms with Gasteiger partial charge in [-0.1, -0.05) is 35.5 Å². The molecule has 2 aromatic heterocycles. The Morgan fingerprint density at radius 1 is 1.17 bits per heavy atom. The van der Waals surface area contributed by atoms with Gasteiger partial charge in [0, 0.05) is 14.1 Å². The number of carboxylic acids is 1. The van der Waals surface area contributed by atoms with Crippen LogP contribution in [0.1, 0.15) is 48.8 Å². The summed E-state index contributed by atoms with van der Waals surface area (Å²) >= 11 is 0. The van der Waals surface area contributed by atoms with Crippen molar-refractivity contribution < 1.29 is 19.5 Å². The van der Waals surface area contributed by atoms with Gasteiger partial charge in [0.25, 0.3) is 0 Å². The molecule has 0 spiro atoms. The Morgan fingerprint density at radius 3 is 2.72 bits per heavy atom. The molecule has 1 N–H and O–H groups in total. The van der Waals surface area contributed by atoms with Gasteiger partial charge in [-0.3, -0.25) is 9.48 Å². The van der Waals surface area contributed by atoms with Crippen molar-refractivity contribution in [3.8, 4) is 17.1 Å². The maximum atomic E-state index is 11.4. The zero-order chi connectivity index (χ0) is 25.2. The number of aryl methyl sites for hydroxylation is 2. The molecule has 0 bridgehead atoms. The summed E-state index contributed by atoms with van der Waals surface area (Å²) in [6.07, 6.45) is 3.02. The number of rotatable bonds is 7. The van der Waals surface area contributed by atoms with Crippen molar-refractivity contribution in [1.82, 2.24) is 25.0 Å². The summed E-state index contributed by atoms with van der Waals surface area (Å²) in [4.78, 5) is 26.8. The van der Waals surface area contributed by atoms with Gasteiger partial charge in [-0.05, 0) is 50.3 Å². The lowest BCUT2D eigenvalue weighted by molar-refractivity contribution is -0.143. The Morgan fingerprint density at radius 2 is 1.97 bits per heavy atom. The number of carboxylic acid groups (broad SMARTS) is 1. The molecule has 1 aliphatic carbocycles. The molecule has 1 fully saturated rings. The third-order valence-electron chi connectivity index (χ3n) is 6.77. The van der Waals surface area contributed by atoms with Crippen LogP contribution in [0.25, 0.3) is 11.4 Å². The molecule has 10 heteroatoms. The minimum Gasteiger partial charge on any atom is -0.489 e. The number of nitrogens with zero attached hydrogens (tertiary/aromatic N) is 6. The number of carbonyl (C=O) groups is 1. The Kier molecular flexibility index (Phi) is 6.69. The first-order valence-electron chi connectivity index (χ1n) is 12.2. The van der Waals surface area contributed by atoms with Crippen LogP contribution in [0.3, 0.4) is 0 Å². The van der Waals surface area contributed by atoms with Crippen LogP contribution < -0.4 is 4.74 Å². The first-order chi connectivity index (χ1) is 17.4. The van der Waals surface area contributed by atoms with Crippen LogP contribution in [0.15, 0.2) is 47.5 Å². The largest absolute Gasteiger partial charge is 0.489 e. The van der Waals surface area contributed by atoms with Gasteiger partial charge < -0.3 is 14.7 Å². The van der Waals surface area contributed by atoms with Crippen molar-refractivity contribution in [1.29, 1.82) is 0 Å². The number of aromatic nitrogens is 4. The van der Waals surface area contributed by atoms with Crippen molar-refractivity contribution in [3.05, 3.63) is 59.4 Å². The van der Waals surface area contributed by atoms with Crippen molar-refractivity contribution in [3.63, 3.8) is 0 Å². The van der Waals surface area contributed by atoms with Crippen LogP contribution in [-0.2, 0) is 23.1 Å². The predicted octanol–water partition coefficient (Wildman–Crippen LogP) is 3.72. The molecule has 1 saturated carbocycles. The fraction of sp³-hybridized carbons (Fsp3) is 0.423. The van der Waals surface area contributed by atoms with Gasteiger partial charge in [0.1, 0.15) is 11.4 Å². The van der Waals surface area contributed by atoms with Gasteiger partial charge in [0.2, 0.25) is 5.90 Å². The third-order valence-corrected chi connectivity index (χ3v) is 6.77. The summed E-state index contributed by atoms with van der Waals surface area (Å²) in [5.41, 5.74) is 3.96. The Labute approximate surface area is 209 Å². The average molecular weight is 491 g/mol. The minimum absolute atomic E-state index is 0.120. The first-order valence-corrected chi connectivity index (χ1v) is 12.2. The van der Waals surface area contributed by atoms with E-state index in [0.717, 1.165) is 29.8 Å². The highest BCUT2D eigenvalue weighted by molar-refractivity contribution is 5.81. The van der Waals surface area contributed by atoms with E-state index >= 15 is 0 Å². The van der Waals surface area contributed by atoms with E-state index in [1.54, 1.807) is 9.75 Å². The quantitative estimate of drug-likeness (QED) is 0.533. The highest BCUT2D eigenvalue weighted by Crippen LogP contribution is 2.32. The predicted molar refractivity (Wildman–Crippen MR) is 132 cm³/mol. The zero-order valence-corrected chi connectivity index (χ0v) is 20.7. The topological polar surface area (TPSA) is 115 Å². The second-order valence-corrected chi connectivity index (χ2v) is 9.35. The molecule has 10 nitrogen and oxygen atoms in total. The second-order valence-electron chi connectivity index (χ2n) is 9.35. The van der Waals surface area contributed by atoms with Gasteiger partial charge in [0.15, 0.2) is 6.17 Å². The van der Waals surface area contributed by atoms with E-state index in [2.05, 4.69) is 10.3 Å². The Balaban J connectivity index is 1.33. The molecule has 1 unspecified atom stereocenters. The summed E-state index contributed by atoms with van der Waals surface area (Å²) < 4.78 is 7.87. The van der Waals surface area contributed by atoms with Crippen LogP contribution in [0.2, 0.25) is 0 Å². The summed E-state index contributed by atoms with van der Waals surface area (Å²) in [5.74, 6) is 0.150. The van der Waals surface area contributed by atoms with Crippen LogP contribution in [-0.4, -0.2) is 55.2 Å². The zero-order valence-electron chi connectivity index (χ0n) is 20.7. The lowest BCUT2D eigenvalue weighted by atomic mass is 9.87. The lowest BCUT2D eigenvalue weighted by Crippen LogP contribution is -2.29. The van der Waals surface area contributed by atoms with Gasteiger partial charge in [-0.15, -0.1) is 10.2 Å². The summed E-state index contributed by atoms with van der Waals surface area (Å²) in [7, 11) is 3.71. The lowest BCUT2D eigenvalue weighted by Gasteiger charge is -2.27. The van der Waals surface area contributed by atoms with E-state index in [-0.39, 0.29) is 18.2 Å². The van der Waals surface area contributed by atoms with Gasteiger partial charge in [-0.2, -0.15) is 0 Å². The van der Waals surface area contributed by atoms with Crippen molar-refractivity contribution in [2.75, 3.05) is 7.05 Å². The number of benzene rings is 1. The van der Waals surface area contributed by atoms with Gasteiger partial charge >= 0.3 is 5.97 Å². The molecular weight excluding hydrogens is 460 g/mol. The normalized spacial score (nSPS) is 22.2. The van der Waals surface area contributed by atoms with E-state index < -0.39 is 5.97 Å². The third kappa shape index (κ3) is 4.94. The fourth-order valence-electron chi connectivity index (χ4n) is 4.82. The molecule has 3 atom stereocenters. The molecule has 2 aliphatic rings. The molecule has 0 amide bonds. The molecule has 188 valence electrons. The SMILES string of the molecule is Cc1nc(-c2nnn(C)c2CC2=NC(c3ccccc3)N(C)O2)ccc1O[C@H]1CCC[C@H](C(=O)O)C1. The number of aliphatic carboxylic acids is 1. The van der Waals surface area contributed by atoms with Gasteiger partial charge in [0.05, 0.1) is 35.5 Å². The number of pyridine rings is 1. The smallest absolute Gasteiger partial charge is 0.306 e. The van der Waals surface area contributed by atoms with Crippen LogP contribution in [0.5, 0.6) is 5.75 Å². The second kappa shape index (κ2) is 10.1. The molecule has 0 radical (unpaired) electrons.